The number of nitrogen functional groups attached to an aromatic ring is 1. The van der Waals surface area contributed by atoms with Gasteiger partial charge < -0.3 is 35.2 Å². The van der Waals surface area contributed by atoms with Crippen molar-refractivity contribution in [3.05, 3.63) is 98.7 Å². The monoisotopic (exact) mass is 1100 g/mol. The molecule has 0 unspecified atom stereocenters. The zero-order valence-corrected chi connectivity index (χ0v) is 47.4. The highest BCUT2D eigenvalue weighted by atomic mass is 32.1. The molecule has 19 nitrogen and oxygen atoms in total. The molecule has 5 atom stereocenters. The number of hydrogen-bond donors (Lipinski definition) is 3. The summed E-state index contributed by atoms with van der Waals surface area (Å²) in [4.78, 5) is 49.5. The lowest BCUT2D eigenvalue weighted by molar-refractivity contribution is -0.144. The Morgan fingerprint density at radius 3 is 2.53 bits per heavy atom. The highest BCUT2D eigenvalue weighted by Crippen LogP contribution is 2.55. The minimum atomic E-state index is -0.832. The molecule has 4 N–H and O–H groups in total. The molecule has 5 aliphatic rings. The summed E-state index contributed by atoms with van der Waals surface area (Å²) < 4.78 is 16.5. The number of aryl methyl sites for hydroxylation is 3. The number of ether oxygens (including phenoxy) is 1. The largest absolute Gasteiger partial charge is 0.477 e. The van der Waals surface area contributed by atoms with Crippen molar-refractivity contribution in [2.45, 2.75) is 141 Å². The highest BCUT2D eigenvalue weighted by Gasteiger charge is 2.50. The molecule has 2 amide bonds. The number of aliphatic hydroxyl groups is 1. The molecule has 3 aliphatic carbocycles. The lowest BCUT2D eigenvalue weighted by Gasteiger charge is -2.39. The van der Waals surface area contributed by atoms with E-state index in [1.54, 1.807) is 26.9 Å². The van der Waals surface area contributed by atoms with Crippen molar-refractivity contribution in [1.29, 1.82) is 5.26 Å². The summed E-state index contributed by atoms with van der Waals surface area (Å²) >= 11 is 3.13. The molecule has 2 aliphatic heterocycles. The number of anilines is 1. The molecule has 8 heterocycles. The van der Waals surface area contributed by atoms with Gasteiger partial charge in [0, 0.05) is 72.4 Å². The fourth-order valence-electron chi connectivity index (χ4n) is 13.0. The highest BCUT2D eigenvalue weighted by molar-refractivity contribution is 7.16. The van der Waals surface area contributed by atoms with E-state index in [1.807, 2.05) is 89.9 Å². The summed E-state index contributed by atoms with van der Waals surface area (Å²) in [5.41, 5.74) is 15.8. The molecule has 3 fully saturated rings. The Morgan fingerprint density at radius 1 is 1.06 bits per heavy atom. The van der Waals surface area contributed by atoms with E-state index in [9.17, 15) is 20.0 Å². The van der Waals surface area contributed by atoms with Gasteiger partial charge >= 0.3 is 0 Å². The number of piperidine rings is 1. The number of β-amino-alcohol motifs (C(OH)–C–C–N with tert-alkyl or cyclic N) is 1. The molecular formula is C58H68N14O5S2. The first-order valence-electron chi connectivity index (χ1n) is 27.8. The van der Waals surface area contributed by atoms with Crippen LogP contribution in [0.3, 0.4) is 0 Å². The standard InChI is InChI=1S/C58H68N14O5S2/c1-33(35-11-13-37(14-12-35)49-34(2)61-32-78-49)63-54(74)44-23-39(73)28-71(44)55(75)50(56(3,4)5)72-29-43(66-68-72)36-15-21-70(22-16-36)30-57(19-20-57)31-76-46-24-42(38-26-62-69(6)27-38)64-53(65-46)48-40-9-7-17-58(51(40)77-67-48)18-8-10-45-47(58)41(25-59)52(60)79-45/h11-14,24,26-27,29,32-33,36,39,44,50,73H,7-10,15-23,28,30-31,60H2,1-6H3,(H,63,74)/t33-,39+,44-,50+,58-/m0/s1. The van der Waals surface area contributed by atoms with E-state index in [0.29, 0.717) is 40.3 Å². The lowest BCUT2D eigenvalue weighted by atomic mass is 9.63. The van der Waals surface area contributed by atoms with Crippen molar-refractivity contribution < 1.29 is 24.0 Å². The summed E-state index contributed by atoms with van der Waals surface area (Å²) in [6.45, 7) is 13.1. The Balaban J connectivity index is 0.696. The quantitative estimate of drug-likeness (QED) is 0.0924. The number of amides is 2. The van der Waals surface area contributed by atoms with Crippen LogP contribution in [0.4, 0.5) is 5.00 Å². The van der Waals surface area contributed by atoms with E-state index in [1.165, 1.54) is 21.1 Å². The summed E-state index contributed by atoms with van der Waals surface area (Å²) in [6.07, 6.45) is 14.1. The second-order valence-corrected chi connectivity index (χ2v) is 25.9. The number of thiazole rings is 1. The molecule has 0 radical (unpaired) electrons. The van der Waals surface area contributed by atoms with Crippen molar-refractivity contribution in [3.8, 4) is 45.2 Å². The first-order chi connectivity index (χ1) is 38.0. The van der Waals surface area contributed by atoms with Crippen LogP contribution in [-0.4, -0.2) is 117 Å². The van der Waals surface area contributed by atoms with Crippen molar-refractivity contribution in [3.63, 3.8) is 0 Å². The van der Waals surface area contributed by atoms with Crippen LogP contribution in [0.25, 0.3) is 33.2 Å². The number of nitrogens with one attached hydrogen (secondary N) is 1. The predicted octanol–water partition coefficient (Wildman–Crippen LogP) is 8.49. The lowest BCUT2D eigenvalue weighted by Crippen LogP contribution is -2.50. The molecule has 21 heteroatoms. The van der Waals surface area contributed by atoms with Gasteiger partial charge in [-0.1, -0.05) is 55.4 Å². The van der Waals surface area contributed by atoms with Gasteiger partial charge in [0.25, 0.3) is 0 Å². The predicted molar refractivity (Wildman–Crippen MR) is 299 cm³/mol. The fraction of sp³-hybridized carbons (Fsp3) is 0.517. The summed E-state index contributed by atoms with van der Waals surface area (Å²) in [5.74, 6) is 1.32. The first kappa shape index (κ1) is 52.8. The molecular weight excluding hydrogens is 1040 g/mol. The van der Waals surface area contributed by atoms with E-state index < -0.39 is 29.0 Å². The second-order valence-electron chi connectivity index (χ2n) is 23.9. The van der Waals surface area contributed by atoms with Crippen molar-refractivity contribution in [2.24, 2.45) is 17.9 Å². The van der Waals surface area contributed by atoms with Crippen molar-refractivity contribution in [2.75, 3.05) is 38.5 Å². The molecule has 79 heavy (non-hydrogen) atoms. The van der Waals surface area contributed by atoms with Gasteiger partial charge in [-0.3, -0.25) is 14.3 Å². The van der Waals surface area contributed by atoms with Crippen LogP contribution in [0.5, 0.6) is 5.88 Å². The number of nitrogens with two attached hydrogens (primary N) is 1. The maximum atomic E-state index is 14.7. The van der Waals surface area contributed by atoms with Gasteiger partial charge in [0.2, 0.25) is 17.7 Å². The zero-order valence-electron chi connectivity index (χ0n) is 45.7. The SMILES string of the molecule is Cc1ncsc1-c1ccc([C@H](C)NC(=O)[C@@H]2C[C@@H](O)CN2C(=O)[C@@H](n2cc(C3CCN(CC4(COc5cc(-c6cnn(C)c6)nc(-c6noc7c6CCC[C@@]76CCCc7sc(N)c(C#N)c76)n5)CC4)CC3)nn2)C(C)(C)C)cc1. The average molecular weight is 1110 g/mol. The average Bonchev–Trinajstić information content (AvgIpc) is 4.09. The zero-order chi connectivity index (χ0) is 55.0. The number of nitriles is 1. The number of likely N-dealkylation sites (tertiary alicyclic amines) is 2. The van der Waals surface area contributed by atoms with E-state index in [0.717, 1.165) is 134 Å². The third kappa shape index (κ3) is 10.0. The minimum Gasteiger partial charge on any atom is -0.477 e. The molecule has 7 aromatic rings. The smallest absolute Gasteiger partial charge is 0.248 e. The Labute approximate surface area is 467 Å². The molecule has 0 bridgehead atoms. The van der Waals surface area contributed by atoms with E-state index in [2.05, 4.69) is 36.7 Å². The van der Waals surface area contributed by atoms with Gasteiger partial charge in [-0.25, -0.2) is 14.6 Å². The number of nitrogens with zero attached hydrogens (tertiary/aromatic N) is 12. The molecule has 2 saturated heterocycles. The Hall–Kier alpha value is -6.86. The Morgan fingerprint density at radius 2 is 1.84 bits per heavy atom. The van der Waals surface area contributed by atoms with Gasteiger partial charge in [-0.05, 0) is 113 Å². The van der Waals surface area contributed by atoms with Gasteiger partial charge in [0.1, 0.15) is 23.2 Å². The number of benzene rings is 1. The van der Waals surface area contributed by atoms with Crippen LogP contribution in [0.1, 0.15) is 148 Å². The summed E-state index contributed by atoms with van der Waals surface area (Å²) in [7, 11) is 1.88. The molecule has 1 saturated carbocycles. The number of carbonyl (C=O) groups is 2. The van der Waals surface area contributed by atoms with Crippen LogP contribution in [0, 0.1) is 29.1 Å². The maximum Gasteiger partial charge on any atom is 0.248 e. The number of fused-ring (bicyclic) bond motifs is 4. The summed E-state index contributed by atoms with van der Waals surface area (Å²) in [6, 6.07) is 10.5. The topological polar surface area (TPSA) is 245 Å². The molecule has 1 aromatic carbocycles. The number of carbonyl (C=O) groups excluding carboxylic acids is 2. The van der Waals surface area contributed by atoms with Gasteiger partial charge in [0.05, 0.1) is 63.4 Å². The Kier molecular flexibility index (Phi) is 13.8. The molecule has 12 rings (SSSR count). The molecule has 6 aromatic heterocycles. The number of aromatic nitrogens is 9. The van der Waals surface area contributed by atoms with Crippen molar-refractivity contribution in [1.82, 2.24) is 60.0 Å². The normalized spacial score (nSPS) is 21.8. The van der Waals surface area contributed by atoms with Crippen LogP contribution in [-0.2, 0) is 34.9 Å². The van der Waals surface area contributed by atoms with Gasteiger partial charge in [-0.2, -0.15) is 15.3 Å². The van der Waals surface area contributed by atoms with E-state index in [-0.39, 0.29) is 42.2 Å². The Bertz CT molecular complexity index is 3460. The fourth-order valence-corrected chi connectivity index (χ4v) is 15.0. The second kappa shape index (κ2) is 20.7. The number of rotatable bonds is 14. The number of aliphatic hydroxyl groups excluding tert-OH is 1. The first-order valence-corrected chi connectivity index (χ1v) is 29.4. The van der Waals surface area contributed by atoms with Crippen molar-refractivity contribution >= 4 is 39.5 Å². The van der Waals surface area contributed by atoms with E-state index in [4.69, 9.17) is 30.1 Å². The third-order valence-corrected chi connectivity index (χ3v) is 19.4. The van der Waals surface area contributed by atoms with Crippen LogP contribution in [0.2, 0.25) is 0 Å². The van der Waals surface area contributed by atoms with Crippen LogP contribution < -0.4 is 15.8 Å². The molecule has 412 valence electrons. The minimum absolute atomic E-state index is 0.0160. The van der Waals surface area contributed by atoms with Crippen LogP contribution in [0.15, 0.2) is 59.0 Å². The molecule has 1 spiro atoms. The van der Waals surface area contributed by atoms with Crippen LogP contribution >= 0.6 is 22.7 Å². The van der Waals surface area contributed by atoms with Gasteiger partial charge in [-0.15, -0.1) is 27.8 Å². The number of thiophene rings is 1. The van der Waals surface area contributed by atoms with E-state index >= 15 is 0 Å². The van der Waals surface area contributed by atoms with Gasteiger partial charge in [0.15, 0.2) is 17.3 Å². The third-order valence-electron chi connectivity index (χ3n) is 17.3. The summed E-state index contributed by atoms with van der Waals surface area (Å²) in [5, 5.41) is 43.3. The number of hydrogen-bond acceptors (Lipinski definition) is 17. The maximum absolute atomic E-state index is 14.7.